The third-order valence-electron chi connectivity index (χ3n) is 2.22. The maximum Gasteiger partial charge on any atom is 0.180 e. The maximum absolute atomic E-state index is 8.77. The van der Waals surface area contributed by atoms with E-state index in [2.05, 4.69) is 16.0 Å². The van der Waals surface area contributed by atoms with Crippen LogP contribution in [-0.2, 0) is 0 Å². The molecule has 0 fully saturated rings. The summed E-state index contributed by atoms with van der Waals surface area (Å²) in [6.45, 7) is 1.82. The lowest BCUT2D eigenvalue weighted by Crippen LogP contribution is -1.97. The molecule has 1 unspecified atom stereocenters. The zero-order valence-electron chi connectivity index (χ0n) is 9.24. The number of nitrogen functional groups attached to an aromatic ring is 1. The Morgan fingerprint density at radius 1 is 1.53 bits per heavy atom. The van der Waals surface area contributed by atoms with Gasteiger partial charge in [0.1, 0.15) is 6.04 Å². The van der Waals surface area contributed by atoms with E-state index in [9.17, 15) is 0 Å². The van der Waals surface area contributed by atoms with Crippen LogP contribution in [0.3, 0.4) is 0 Å². The van der Waals surface area contributed by atoms with Gasteiger partial charge in [-0.3, -0.25) is 0 Å². The Morgan fingerprint density at radius 3 is 2.94 bits per heavy atom. The highest BCUT2D eigenvalue weighted by molar-refractivity contribution is 7.13. The van der Waals surface area contributed by atoms with E-state index < -0.39 is 0 Å². The number of hydrogen-bond acceptors (Lipinski definition) is 5. The Bertz CT molecular complexity index is 575. The third-order valence-corrected chi connectivity index (χ3v) is 2.91. The fourth-order valence-electron chi connectivity index (χ4n) is 1.27. The van der Waals surface area contributed by atoms with Crippen LogP contribution in [0.15, 0.2) is 17.9 Å². The quantitative estimate of drug-likeness (QED) is 0.898. The van der Waals surface area contributed by atoms with Gasteiger partial charge in [0, 0.05) is 11.6 Å². The van der Waals surface area contributed by atoms with E-state index in [1.54, 1.807) is 10.9 Å². The number of hydrogen-bond donors (Lipinski definition) is 1. The van der Waals surface area contributed by atoms with Crippen LogP contribution in [0.5, 0.6) is 0 Å². The molecule has 0 aromatic carbocycles. The molecule has 1 atom stereocenters. The van der Waals surface area contributed by atoms with Crippen LogP contribution >= 0.6 is 11.3 Å². The number of nitrogens with two attached hydrogens (primary N) is 1. The van der Waals surface area contributed by atoms with Gasteiger partial charge < -0.3 is 10.3 Å². The van der Waals surface area contributed by atoms with Gasteiger partial charge in [-0.05, 0) is 19.1 Å². The molecule has 2 aromatic heterocycles. The Labute approximate surface area is 103 Å². The third kappa shape index (κ3) is 2.71. The van der Waals surface area contributed by atoms with Crippen LogP contribution in [0.4, 0.5) is 5.13 Å². The van der Waals surface area contributed by atoms with Gasteiger partial charge in [0.05, 0.1) is 23.8 Å². The minimum absolute atomic E-state index is 0.209. The number of imidazole rings is 1. The van der Waals surface area contributed by atoms with Crippen LogP contribution in [-0.4, -0.2) is 14.5 Å². The summed E-state index contributed by atoms with van der Waals surface area (Å²) in [7, 11) is 0. The van der Waals surface area contributed by atoms with Crippen molar-refractivity contribution in [2.45, 2.75) is 13.0 Å². The first-order chi connectivity index (χ1) is 8.19. The SMILES string of the molecule is CC(C#N)n1cnc(C=Cc2csc(N)n2)c1. The van der Waals surface area contributed by atoms with Crippen molar-refractivity contribution in [2.75, 3.05) is 5.73 Å². The van der Waals surface area contributed by atoms with Gasteiger partial charge in [0.25, 0.3) is 0 Å². The fraction of sp³-hybridized carbons (Fsp3) is 0.182. The molecule has 0 amide bonds. The van der Waals surface area contributed by atoms with Gasteiger partial charge in [0.2, 0.25) is 0 Å². The lowest BCUT2D eigenvalue weighted by Gasteiger charge is -2.00. The Hall–Kier alpha value is -2.13. The van der Waals surface area contributed by atoms with E-state index in [0.29, 0.717) is 5.13 Å². The summed E-state index contributed by atoms with van der Waals surface area (Å²) < 4.78 is 1.76. The van der Waals surface area contributed by atoms with E-state index in [0.717, 1.165) is 11.4 Å². The van der Waals surface area contributed by atoms with Crippen LogP contribution in [0, 0.1) is 11.3 Å². The second-order valence-corrected chi connectivity index (χ2v) is 4.38. The first-order valence-electron chi connectivity index (χ1n) is 5.01. The highest BCUT2D eigenvalue weighted by atomic mass is 32.1. The molecule has 2 aromatic rings. The highest BCUT2D eigenvalue weighted by Crippen LogP contribution is 2.14. The summed E-state index contributed by atoms with van der Waals surface area (Å²) in [4.78, 5) is 8.28. The molecule has 0 spiro atoms. The van der Waals surface area contributed by atoms with E-state index in [4.69, 9.17) is 11.0 Å². The average Bonchev–Trinajstić information content (AvgIpc) is 2.94. The number of anilines is 1. The Morgan fingerprint density at radius 2 is 2.29 bits per heavy atom. The molecule has 2 rings (SSSR count). The molecule has 0 aliphatic heterocycles. The molecule has 0 saturated carbocycles. The second kappa shape index (κ2) is 4.80. The van der Waals surface area contributed by atoms with Crippen LogP contribution in [0.2, 0.25) is 0 Å². The molecule has 0 aliphatic carbocycles. The lowest BCUT2D eigenvalue weighted by atomic mass is 10.3. The topological polar surface area (TPSA) is 80.5 Å². The fourth-order valence-corrected chi connectivity index (χ4v) is 1.80. The molecular weight excluding hydrogens is 234 g/mol. The smallest absolute Gasteiger partial charge is 0.180 e. The van der Waals surface area contributed by atoms with Crippen molar-refractivity contribution >= 4 is 28.6 Å². The standard InChI is InChI=1S/C11H11N5S/c1-8(4-12)16-5-9(14-7-16)2-3-10-6-17-11(13)15-10/h2-3,5-8H,1H3,(H2,13,15). The highest BCUT2D eigenvalue weighted by Gasteiger charge is 2.02. The first kappa shape index (κ1) is 11.4. The molecule has 2 N–H and O–H groups in total. The minimum Gasteiger partial charge on any atom is -0.375 e. The normalized spacial score (nSPS) is 12.7. The molecule has 86 valence electrons. The zero-order valence-corrected chi connectivity index (χ0v) is 10.1. The van der Waals surface area contributed by atoms with Gasteiger partial charge in [-0.2, -0.15) is 5.26 Å². The predicted octanol–water partition coefficient (Wildman–Crippen LogP) is 2.18. The summed E-state index contributed by atoms with van der Waals surface area (Å²) in [6, 6.07) is 1.93. The summed E-state index contributed by atoms with van der Waals surface area (Å²) in [5.41, 5.74) is 7.13. The lowest BCUT2D eigenvalue weighted by molar-refractivity contribution is 0.672. The van der Waals surface area contributed by atoms with Gasteiger partial charge >= 0.3 is 0 Å². The van der Waals surface area contributed by atoms with E-state index >= 15 is 0 Å². The molecular formula is C11H11N5S. The number of aromatic nitrogens is 3. The molecule has 0 radical (unpaired) electrons. The van der Waals surface area contributed by atoms with Crippen LogP contribution in [0.25, 0.3) is 12.2 Å². The monoisotopic (exact) mass is 245 g/mol. The largest absolute Gasteiger partial charge is 0.375 e. The zero-order chi connectivity index (χ0) is 12.3. The summed E-state index contributed by atoms with van der Waals surface area (Å²) in [5.74, 6) is 0. The van der Waals surface area contributed by atoms with Crippen molar-refractivity contribution in [3.63, 3.8) is 0 Å². The predicted molar refractivity (Wildman–Crippen MR) is 68.0 cm³/mol. The van der Waals surface area contributed by atoms with Crippen molar-refractivity contribution < 1.29 is 0 Å². The van der Waals surface area contributed by atoms with E-state index in [-0.39, 0.29) is 6.04 Å². The van der Waals surface area contributed by atoms with Gasteiger partial charge in [0.15, 0.2) is 5.13 Å². The molecule has 17 heavy (non-hydrogen) atoms. The first-order valence-corrected chi connectivity index (χ1v) is 5.89. The van der Waals surface area contributed by atoms with Crippen molar-refractivity contribution in [3.05, 3.63) is 29.3 Å². The Balaban J connectivity index is 2.12. The summed E-state index contributed by atoms with van der Waals surface area (Å²) in [6.07, 6.45) is 7.15. The van der Waals surface area contributed by atoms with Crippen LogP contribution in [0.1, 0.15) is 24.4 Å². The molecule has 5 nitrogen and oxygen atoms in total. The molecule has 6 heteroatoms. The van der Waals surface area contributed by atoms with Crippen molar-refractivity contribution in [1.82, 2.24) is 14.5 Å². The van der Waals surface area contributed by atoms with Gasteiger partial charge in [-0.15, -0.1) is 11.3 Å². The van der Waals surface area contributed by atoms with Crippen LogP contribution < -0.4 is 5.73 Å². The molecule has 0 aliphatic rings. The summed E-state index contributed by atoms with van der Waals surface area (Å²) in [5, 5.41) is 11.2. The van der Waals surface area contributed by atoms with E-state index in [1.165, 1.54) is 11.3 Å². The van der Waals surface area contributed by atoms with Gasteiger partial charge in [-0.1, -0.05) is 0 Å². The minimum atomic E-state index is -0.209. The van der Waals surface area contributed by atoms with Gasteiger partial charge in [-0.25, -0.2) is 9.97 Å². The second-order valence-electron chi connectivity index (χ2n) is 3.49. The van der Waals surface area contributed by atoms with Crippen molar-refractivity contribution in [2.24, 2.45) is 0 Å². The summed E-state index contributed by atoms with van der Waals surface area (Å²) >= 11 is 1.40. The molecule has 0 bridgehead atoms. The molecule has 2 heterocycles. The van der Waals surface area contributed by atoms with E-state index in [1.807, 2.05) is 30.7 Å². The number of nitriles is 1. The Kier molecular flexibility index (Phi) is 3.21. The molecule has 0 saturated heterocycles. The number of rotatable bonds is 3. The van der Waals surface area contributed by atoms with Crippen molar-refractivity contribution in [1.29, 1.82) is 5.26 Å². The maximum atomic E-state index is 8.77. The number of nitrogens with zero attached hydrogens (tertiary/aromatic N) is 4. The average molecular weight is 245 g/mol. The number of thiazole rings is 1. The van der Waals surface area contributed by atoms with Crippen molar-refractivity contribution in [3.8, 4) is 6.07 Å².